The molecule has 0 aliphatic heterocycles. The average Bonchev–Trinajstić information content (AvgIpc) is 3.14. The third kappa shape index (κ3) is 3.09. The van der Waals surface area contributed by atoms with Crippen LogP contribution in [0.4, 0.5) is 9.52 Å². The number of amides is 1. The minimum absolute atomic E-state index is 0.293. The molecular formula is C18H11FN4OS. The minimum atomic E-state index is -0.321. The lowest BCUT2D eigenvalue weighted by atomic mass is 10.0. The molecule has 0 unspecified atom stereocenters. The molecule has 0 fully saturated rings. The van der Waals surface area contributed by atoms with Gasteiger partial charge in [-0.05, 0) is 36.4 Å². The van der Waals surface area contributed by atoms with Gasteiger partial charge in [-0.15, -0.1) is 10.2 Å². The van der Waals surface area contributed by atoms with Crippen LogP contribution < -0.4 is 5.32 Å². The van der Waals surface area contributed by atoms with Crippen molar-refractivity contribution in [1.82, 2.24) is 15.2 Å². The third-order valence-corrected chi connectivity index (χ3v) is 4.29. The summed E-state index contributed by atoms with van der Waals surface area (Å²) in [6.45, 7) is 0. The number of nitrogens with zero attached hydrogens (tertiary/aromatic N) is 3. The Balaban J connectivity index is 1.84. The molecule has 2 heterocycles. The van der Waals surface area contributed by atoms with E-state index in [9.17, 15) is 9.18 Å². The number of halogens is 1. The first kappa shape index (κ1) is 15.3. The van der Waals surface area contributed by atoms with Crippen molar-refractivity contribution < 1.29 is 9.18 Å². The Labute approximate surface area is 146 Å². The van der Waals surface area contributed by atoms with Crippen LogP contribution in [0.25, 0.3) is 22.2 Å². The van der Waals surface area contributed by atoms with Crippen molar-refractivity contribution in [3.05, 3.63) is 71.5 Å². The normalized spacial score (nSPS) is 10.8. The molecule has 0 aliphatic carbocycles. The van der Waals surface area contributed by atoms with E-state index in [0.717, 1.165) is 10.9 Å². The van der Waals surface area contributed by atoms with E-state index in [-0.39, 0.29) is 11.7 Å². The SMILES string of the molecule is O=C(Nc1nncs1)c1cc(-c2ccc(F)cc2)nc2ccccc12. The van der Waals surface area contributed by atoms with Crippen LogP contribution in [0.1, 0.15) is 10.4 Å². The van der Waals surface area contributed by atoms with Crippen molar-refractivity contribution in [3.8, 4) is 11.3 Å². The lowest BCUT2D eigenvalue weighted by molar-refractivity contribution is 0.102. The van der Waals surface area contributed by atoms with E-state index in [2.05, 4.69) is 20.5 Å². The summed E-state index contributed by atoms with van der Waals surface area (Å²) in [4.78, 5) is 17.3. The Bertz CT molecular complexity index is 1050. The summed E-state index contributed by atoms with van der Waals surface area (Å²) in [7, 11) is 0. The highest BCUT2D eigenvalue weighted by molar-refractivity contribution is 7.13. The van der Waals surface area contributed by atoms with Crippen LogP contribution in [0.5, 0.6) is 0 Å². The minimum Gasteiger partial charge on any atom is -0.296 e. The predicted octanol–water partition coefficient (Wildman–Crippen LogP) is 4.14. The van der Waals surface area contributed by atoms with Crippen LogP contribution in [0.2, 0.25) is 0 Å². The largest absolute Gasteiger partial charge is 0.296 e. The second-order valence-electron chi connectivity index (χ2n) is 5.28. The lowest BCUT2D eigenvalue weighted by Crippen LogP contribution is -2.13. The van der Waals surface area contributed by atoms with Crippen molar-refractivity contribution >= 4 is 33.3 Å². The summed E-state index contributed by atoms with van der Waals surface area (Å²) in [5.74, 6) is -0.613. The third-order valence-electron chi connectivity index (χ3n) is 3.68. The van der Waals surface area contributed by atoms with Gasteiger partial charge in [0.05, 0.1) is 16.8 Å². The molecule has 1 amide bonds. The molecule has 4 aromatic rings. The summed E-state index contributed by atoms with van der Waals surface area (Å²) >= 11 is 1.24. The van der Waals surface area contributed by atoms with Crippen LogP contribution in [-0.2, 0) is 0 Å². The number of nitrogens with one attached hydrogen (secondary N) is 1. The summed E-state index contributed by atoms with van der Waals surface area (Å²) in [6.07, 6.45) is 0. The van der Waals surface area contributed by atoms with Crippen molar-refractivity contribution in [2.24, 2.45) is 0 Å². The van der Waals surface area contributed by atoms with Gasteiger partial charge < -0.3 is 0 Å². The molecule has 5 nitrogen and oxygen atoms in total. The Morgan fingerprint density at radius 1 is 1.08 bits per heavy atom. The summed E-state index contributed by atoms with van der Waals surface area (Å²) in [5.41, 5.74) is 4.04. The van der Waals surface area contributed by atoms with E-state index in [0.29, 0.717) is 21.9 Å². The summed E-state index contributed by atoms with van der Waals surface area (Å²) in [5, 5.41) is 11.4. The molecule has 1 N–H and O–H groups in total. The molecule has 0 atom stereocenters. The summed E-state index contributed by atoms with van der Waals surface area (Å²) in [6, 6.07) is 15.1. The molecule has 0 spiro atoms. The molecule has 4 rings (SSSR count). The number of carbonyl (C=O) groups excluding carboxylic acids is 1. The molecule has 0 bridgehead atoms. The Morgan fingerprint density at radius 3 is 2.64 bits per heavy atom. The number of rotatable bonds is 3. The van der Waals surface area contributed by atoms with Crippen molar-refractivity contribution in [3.63, 3.8) is 0 Å². The van der Waals surface area contributed by atoms with Gasteiger partial charge >= 0.3 is 0 Å². The van der Waals surface area contributed by atoms with Crippen molar-refractivity contribution in [2.75, 3.05) is 5.32 Å². The molecule has 0 aliphatic rings. The first-order valence-corrected chi connectivity index (χ1v) is 8.32. The highest BCUT2D eigenvalue weighted by atomic mass is 32.1. The first-order valence-electron chi connectivity index (χ1n) is 7.44. The number of para-hydroxylation sites is 1. The molecule has 25 heavy (non-hydrogen) atoms. The van der Waals surface area contributed by atoms with Gasteiger partial charge in [-0.2, -0.15) is 0 Å². The number of fused-ring (bicyclic) bond motifs is 1. The van der Waals surface area contributed by atoms with Crippen LogP contribution in [0.3, 0.4) is 0 Å². The maximum Gasteiger partial charge on any atom is 0.258 e. The smallest absolute Gasteiger partial charge is 0.258 e. The van der Waals surface area contributed by atoms with Crippen LogP contribution in [0, 0.1) is 5.82 Å². The Kier molecular flexibility index (Phi) is 3.91. The number of carbonyl (C=O) groups is 1. The number of benzene rings is 2. The number of pyridine rings is 1. The van der Waals surface area contributed by atoms with E-state index in [4.69, 9.17) is 0 Å². The van der Waals surface area contributed by atoms with Gasteiger partial charge in [0, 0.05) is 10.9 Å². The molecule has 2 aromatic carbocycles. The highest BCUT2D eigenvalue weighted by Crippen LogP contribution is 2.26. The molecular weight excluding hydrogens is 339 g/mol. The number of hydrogen-bond donors (Lipinski definition) is 1. The Hall–Kier alpha value is -3.19. The number of anilines is 1. The maximum atomic E-state index is 13.2. The lowest BCUT2D eigenvalue weighted by Gasteiger charge is -2.09. The highest BCUT2D eigenvalue weighted by Gasteiger charge is 2.15. The fourth-order valence-electron chi connectivity index (χ4n) is 2.52. The zero-order valence-electron chi connectivity index (χ0n) is 12.8. The molecule has 0 saturated heterocycles. The summed E-state index contributed by atoms with van der Waals surface area (Å²) < 4.78 is 13.2. The predicted molar refractivity (Wildman–Crippen MR) is 95.0 cm³/mol. The fraction of sp³-hybridized carbons (Fsp3) is 0. The van der Waals surface area contributed by atoms with Crippen LogP contribution >= 0.6 is 11.3 Å². The van der Waals surface area contributed by atoms with Gasteiger partial charge in [-0.3, -0.25) is 10.1 Å². The van der Waals surface area contributed by atoms with Gasteiger partial charge in [0.2, 0.25) is 5.13 Å². The molecule has 0 saturated carbocycles. The van der Waals surface area contributed by atoms with E-state index in [1.807, 2.05) is 24.3 Å². The van der Waals surface area contributed by atoms with E-state index in [1.165, 1.54) is 23.5 Å². The Morgan fingerprint density at radius 2 is 1.88 bits per heavy atom. The zero-order chi connectivity index (χ0) is 17.2. The standard InChI is InChI=1S/C18H11FN4OS/c19-12-7-5-11(6-8-12)16-9-14(13-3-1-2-4-15(13)21-16)17(24)22-18-23-20-10-25-18/h1-10H,(H,22,23,24). The van der Waals surface area contributed by atoms with Crippen molar-refractivity contribution in [1.29, 1.82) is 0 Å². The first-order chi connectivity index (χ1) is 12.2. The van der Waals surface area contributed by atoms with Crippen LogP contribution in [-0.4, -0.2) is 21.1 Å². The second-order valence-corrected chi connectivity index (χ2v) is 6.11. The van der Waals surface area contributed by atoms with E-state index >= 15 is 0 Å². The van der Waals surface area contributed by atoms with Crippen LogP contribution in [0.15, 0.2) is 60.1 Å². The number of aromatic nitrogens is 3. The molecule has 122 valence electrons. The van der Waals surface area contributed by atoms with Gasteiger partial charge in [-0.1, -0.05) is 29.5 Å². The topological polar surface area (TPSA) is 67.8 Å². The second kappa shape index (κ2) is 6.37. The van der Waals surface area contributed by atoms with E-state index < -0.39 is 0 Å². The monoisotopic (exact) mass is 350 g/mol. The quantitative estimate of drug-likeness (QED) is 0.603. The van der Waals surface area contributed by atoms with Gasteiger partial charge in [-0.25, -0.2) is 9.37 Å². The fourth-order valence-corrected chi connectivity index (χ4v) is 2.96. The number of hydrogen-bond acceptors (Lipinski definition) is 5. The molecule has 7 heteroatoms. The van der Waals surface area contributed by atoms with Gasteiger partial charge in [0.25, 0.3) is 5.91 Å². The molecule has 2 aromatic heterocycles. The zero-order valence-corrected chi connectivity index (χ0v) is 13.6. The van der Waals surface area contributed by atoms with Gasteiger partial charge in [0.1, 0.15) is 11.3 Å². The van der Waals surface area contributed by atoms with E-state index in [1.54, 1.807) is 23.7 Å². The van der Waals surface area contributed by atoms with Crippen molar-refractivity contribution in [2.45, 2.75) is 0 Å². The molecule has 0 radical (unpaired) electrons. The van der Waals surface area contributed by atoms with Gasteiger partial charge in [0.15, 0.2) is 0 Å². The average molecular weight is 350 g/mol. The maximum absolute atomic E-state index is 13.2.